The largest absolute Gasteiger partial charge is 0.334 e. The first-order valence-corrected chi connectivity index (χ1v) is 8.04. The van der Waals surface area contributed by atoms with Gasteiger partial charge in [-0.2, -0.15) is 5.10 Å². The number of aromatic nitrogens is 2. The normalized spacial score (nSPS) is 17.7. The number of carbonyl (C=O) groups excluding carboxylic acids is 1. The van der Waals surface area contributed by atoms with Crippen LogP contribution in [0.4, 0.5) is 0 Å². The molecule has 6 heteroatoms. The molecular weight excluding hydrogens is 346 g/mol. The number of benzene rings is 1. The Morgan fingerprint density at radius 3 is 2.73 bits per heavy atom. The van der Waals surface area contributed by atoms with Crippen molar-refractivity contribution in [1.82, 2.24) is 15.1 Å². The third kappa shape index (κ3) is 3.27. The van der Waals surface area contributed by atoms with Gasteiger partial charge in [-0.3, -0.25) is 9.59 Å². The highest BCUT2D eigenvalue weighted by atomic mass is 79.9. The fourth-order valence-electron chi connectivity index (χ4n) is 2.82. The number of likely N-dealkylation sites (tertiary alicyclic amines) is 1. The van der Waals surface area contributed by atoms with Gasteiger partial charge in [-0.05, 0) is 43.0 Å². The van der Waals surface area contributed by atoms with Gasteiger partial charge in [-0.15, -0.1) is 0 Å². The molecular formula is C16H16BrN3O2. The second-order valence-corrected chi connectivity index (χ2v) is 6.35. The number of nitrogens with zero attached hydrogens (tertiary/aromatic N) is 2. The van der Waals surface area contributed by atoms with Gasteiger partial charge in [0, 0.05) is 23.1 Å². The number of amides is 1. The molecule has 5 nitrogen and oxygen atoms in total. The van der Waals surface area contributed by atoms with E-state index in [4.69, 9.17) is 0 Å². The van der Waals surface area contributed by atoms with E-state index in [0.717, 1.165) is 30.3 Å². The summed E-state index contributed by atoms with van der Waals surface area (Å²) in [6.07, 6.45) is 2.82. The van der Waals surface area contributed by atoms with Crippen LogP contribution < -0.4 is 5.56 Å². The molecule has 1 aliphatic heterocycles. The van der Waals surface area contributed by atoms with E-state index in [-0.39, 0.29) is 17.5 Å². The van der Waals surface area contributed by atoms with Crippen molar-refractivity contribution in [1.29, 1.82) is 0 Å². The minimum absolute atomic E-state index is 0.115. The summed E-state index contributed by atoms with van der Waals surface area (Å²) >= 11 is 3.43. The molecule has 0 aliphatic carbocycles. The maximum Gasteiger partial charge on any atom is 0.274 e. The highest BCUT2D eigenvalue weighted by Gasteiger charge is 2.30. The van der Waals surface area contributed by atoms with Crippen LogP contribution in [-0.4, -0.2) is 33.6 Å². The lowest BCUT2D eigenvalue weighted by molar-refractivity contribution is 0.0729. The SMILES string of the molecule is O=C(c1ccc(=O)[nH]n1)N1CCCC1Cc1ccc(Br)cc1. The lowest BCUT2D eigenvalue weighted by atomic mass is 10.0. The maximum absolute atomic E-state index is 12.5. The Kier molecular flexibility index (Phi) is 4.38. The summed E-state index contributed by atoms with van der Waals surface area (Å²) in [5, 5.41) is 6.16. The van der Waals surface area contributed by atoms with Crippen LogP contribution in [0.1, 0.15) is 28.9 Å². The molecule has 0 spiro atoms. The first-order chi connectivity index (χ1) is 10.6. The molecule has 0 radical (unpaired) electrons. The van der Waals surface area contributed by atoms with E-state index < -0.39 is 0 Å². The molecule has 1 N–H and O–H groups in total. The molecule has 1 atom stereocenters. The van der Waals surface area contributed by atoms with Gasteiger partial charge in [0.1, 0.15) is 5.69 Å². The van der Waals surface area contributed by atoms with E-state index in [1.807, 2.05) is 17.0 Å². The van der Waals surface area contributed by atoms with Crippen molar-refractivity contribution < 1.29 is 4.79 Å². The van der Waals surface area contributed by atoms with Crippen LogP contribution in [0, 0.1) is 0 Å². The Bertz CT molecular complexity index is 706. The molecule has 1 aromatic carbocycles. The number of H-pyrrole nitrogens is 1. The molecule has 1 saturated heterocycles. The second-order valence-electron chi connectivity index (χ2n) is 5.43. The monoisotopic (exact) mass is 361 g/mol. The summed E-state index contributed by atoms with van der Waals surface area (Å²) in [6, 6.07) is 11.2. The zero-order chi connectivity index (χ0) is 15.5. The van der Waals surface area contributed by atoms with Gasteiger partial charge in [0.25, 0.3) is 11.5 Å². The van der Waals surface area contributed by atoms with E-state index in [9.17, 15) is 9.59 Å². The number of hydrogen-bond acceptors (Lipinski definition) is 3. The third-order valence-corrected chi connectivity index (χ3v) is 4.45. The number of nitrogens with one attached hydrogen (secondary N) is 1. The lowest BCUT2D eigenvalue weighted by Gasteiger charge is -2.24. The average Bonchev–Trinajstić information content (AvgIpc) is 2.98. The summed E-state index contributed by atoms with van der Waals surface area (Å²) in [4.78, 5) is 25.5. The predicted molar refractivity (Wildman–Crippen MR) is 86.8 cm³/mol. The Morgan fingerprint density at radius 2 is 2.05 bits per heavy atom. The Labute approximate surface area is 136 Å². The molecule has 1 aromatic heterocycles. The molecule has 1 aliphatic rings. The molecule has 2 heterocycles. The number of hydrogen-bond donors (Lipinski definition) is 1. The first-order valence-electron chi connectivity index (χ1n) is 7.24. The van der Waals surface area contributed by atoms with Gasteiger partial charge in [0.15, 0.2) is 0 Å². The van der Waals surface area contributed by atoms with Gasteiger partial charge < -0.3 is 4.90 Å². The number of halogens is 1. The number of carbonyl (C=O) groups is 1. The van der Waals surface area contributed by atoms with Crippen LogP contribution in [0.2, 0.25) is 0 Å². The number of aromatic amines is 1. The molecule has 0 saturated carbocycles. The van der Waals surface area contributed by atoms with Crippen molar-refractivity contribution in [3.05, 3.63) is 62.5 Å². The van der Waals surface area contributed by atoms with Crippen LogP contribution >= 0.6 is 15.9 Å². The molecule has 0 bridgehead atoms. The standard InChI is InChI=1S/C16H16BrN3O2/c17-12-5-3-11(4-6-12)10-13-2-1-9-20(13)16(22)14-7-8-15(21)19-18-14/h3-8,13H,1-2,9-10H2,(H,19,21). The molecule has 1 amide bonds. The summed E-state index contributed by atoms with van der Waals surface area (Å²) < 4.78 is 1.05. The first kappa shape index (κ1) is 15.0. The van der Waals surface area contributed by atoms with Gasteiger partial charge >= 0.3 is 0 Å². The molecule has 22 heavy (non-hydrogen) atoms. The summed E-state index contributed by atoms with van der Waals surface area (Å²) in [7, 11) is 0. The number of rotatable bonds is 3. The maximum atomic E-state index is 12.5. The fraction of sp³-hybridized carbons (Fsp3) is 0.312. The summed E-state index contributed by atoms with van der Waals surface area (Å²) in [5.74, 6) is -0.115. The zero-order valence-electron chi connectivity index (χ0n) is 12.0. The van der Waals surface area contributed by atoms with Gasteiger partial charge in [-0.1, -0.05) is 28.1 Å². The lowest BCUT2D eigenvalue weighted by Crippen LogP contribution is -2.37. The third-order valence-electron chi connectivity index (χ3n) is 3.92. The fourth-order valence-corrected chi connectivity index (χ4v) is 3.08. The van der Waals surface area contributed by atoms with Crippen LogP contribution in [0.15, 0.2) is 45.7 Å². The minimum Gasteiger partial charge on any atom is -0.334 e. The summed E-state index contributed by atoms with van der Waals surface area (Å²) in [5.41, 5.74) is 1.20. The van der Waals surface area contributed by atoms with E-state index in [1.54, 1.807) is 0 Å². The molecule has 1 fully saturated rings. The van der Waals surface area contributed by atoms with Crippen molar-refractivity contribution in [3.8, 4) is 0 Å². The topological polar surface area (TPSA) is 66.1 Å². The Morgan fingerprint density at radius 1 is 1.27 bits per heavy atom. The molecule has 3 rings (SSSR count). The molecule has 1 unspecified atom stereocenters. The Balaban J connectivity index is 1.75. The van der Waals surface area contributed by atoms with Crippen LogP contribution in [0.25, 0.3) is 0 Å². The van der Waals surface area contributed by atoms with Crippen LogP contribution in [0.3, 0.4) is 0 Å². The van der Waals surface area contributed by atoms with Crippen molar-refractivity contribution in [2.75, 3.05) is 6.54 Å². The quantitative estimate of drug-likeness (QED) is 0.912. The molecule has 114 valence electrons. The highest BCUT2D eigenvalue weighted by molar-refractivity contribution is 9.10. The minimum atomic E-state index is -0.301. The van der Waals surface area contributed by atoms with Crippen molar-refractivity contribution in [2.45, 2.75) is 25.3 Å². The van der Waals surface area contributed by atoms with Crippen molar-refractivity contribution >= 4 is 21.8 Å². The smallest absolute Gasteiger partial charge is 0.274 e. The Hall–Kier alpha value is -1.95. The average molecular weight is 362 g/mol. The van der Waals surface area contributed by atoms with E-state index in [2.05, 4.69) is 38.3 Å². The van der Waals surface area contributed by atoms with Crippen LogP contribution in [0.5, 0.6) is 0 Å². The van der Waals surface area contributed by atoms with Crippen LogP contribution in [-0.2, 0) is 6.42 Å². The van der Waals surface area contributed by atoms with Gasteiger partial charge in [0.2, 0.25) is 0 Å². The predicted octanol–water partition coefficient (Wildman–Crippen LogP) is 2.38. The van der Waals surface area contributed by atoms with Gasteiger partial charge in [0.05, 0.1) is 0 Å². The zero-order valence-corrected chi connectivity index (χ0v) is 13.5. The van der Waals surface area contributed by atoms with Crippen molar-refractivity contribution in [2.24, 2.45) is 0 Å². The van der Waals surface area contributed by atoms with E-state index >= 15 is 0 Å². The van der Waals surface area contributed by atoms with E-state index in [1.165, 1.54) is 17.7 Å². The van der Waals surface area contributed by atoms with E-state index in [0.29, 0.717) is 5.69 Å². The van der Waals surface area contributed by atoms with Crippen molar-refractivity contribution in [3.63, 3.8) is 0 Å². The second kappa shape index (κ2) is 6.44. The molecule has 2 aromatic rings. The highest BCUT2D eigenvalue weighted by Crippen LogP contribution is 2.23. The van der Waals surface area contributed by atoms with Gasteiger partial charge in [-0.25, -0.2) is 5.10 Å². The summed E-state index contributed by atoms with van der Waals surface area (Å²) in [6.45, 7) is 0.737.